The number of amides is 1. The van der Waals surface area contributed by atoms with Crippen molar-refractivity contribution in [2.75, 3.05) is 18.9 Å². The molecule has 0 aliphatic carbocycles. The number of carboxylic acids is 1. The Balaban J connectivity index is 0.00000441. The molecular weight excluding hydrogens is 337 g/mol. The summed E-state index contributed by atoms with van der Waals surface area (Å²) in [6.45, 7) is 1.22. The number of nitro benzene ring substituents is 1. The number of rotatable bonds is 6. The number of aliphatic carboxylic acids is 1. The van der Waals surface area contributed by atoms with Crippen LogP contribution in [0.15, 0.2) is 18.2 Å². The lowest BCUT2D eigenvalue weighted by molar-refractivity contribution is -0.383. The molecule has 1 atom stereocenters. The molecule has 0 spiro atoms. The highest BCUT2D eigenvalue weighted by atomic mass is 35.5. The molecule has 1 aromatic rings. The number of nitrogens with one attached hydrogen (secondary N) is 1. The van der Waals surface area contributed by atoms with Crippen LogP contribution in [0.1, 0.15) is 6.92 Å². The average molecular weight is 352 g/mol. The fourth-order valence-corrected chi connectivity index (χ4v) is 1.67. The predicted molar refractivity (Wildman–Crippen MR) is 83.7 cm³/mol. The van der Waals surface area contributed by atoms with Crippen LogP contribution in [0.2, 0.25) is 5.02 Å². The number of benzene rings is 1. The molecule has 10 heteroatoms. The topological polar surface area (TPSA) is 113 Å². The zero-order valence-electron chi connectivity index (χ0n) is 11.8. The Kier molecular flexibility index (Phi) is 7.78. The van der Waals surface area contributed by atoms with Crippen molar-refractivity contribution in [3.8, 4) is 0 Å². The summed E-state index contributed by atoms with van der Waals surface area (Å²) >= 11 is 5.67. The summed E-state index contributed by atoms with van der Waals surface area (Å²) in [6.07, 6.45) is 0. The van der Waals surface area contributed by atoms with Gasteiger partial charge in [-0.15, -0.1) is 12.4 Å². The van der Waals surface area contributed by atoms with Gasteiger partial charge in [-0.1, -0.05) is 11.6 Å². The van der Waals surface area contributed by atoms with Crippen LogP contribution in [0.3, 0.4) is 0 Å². The van der Waals surface area contributed by atoms with Crippen molar-refractivity contribution in [3.63, 3.8) is 0 Å². The first-order valence-electron chi connectivity index (χ1n) is 5.89. The monoisotopic (exact) mass is 351 g/mol. The maximum atomic E-state index is 11.8. The molecule has 1 unspecified atom stereocenters. The van der Waals surface area contributed by atoms with Crippen LogP contribution < -0.4 is 5.32 Å². The molecule has 0 aromatic heterocycles. The van der Waals surface area contributed by atoms with Crippen molar-refractivity contribution >= 4 is 47.3 Å². The van der Waals surface area contributed by atoms with Crippen molar-refractivity contribution in [2.45, 2.75) is 13.0 Å². The van der Waals surface area contributed by atoms with E-state index in [0.29, 0.717) is 0 Å². The van der Waals surface area contributed by atoms with Gasteiger partial charge in [0.1, 0.15) is 11.7 Å². The van der Waals surface area contributed by atoms with E-state index < -0.39 is 22.8 Å². The number of hydrogen-bond donors (Lipinski definition) is 2. The zero-order chi connectivity index (χ0) is 16.2. The number of carbonyl (C=O) groups is 2. The molecule has 0 aliphatic heterocycles. The van der Waals surface area contributed by atoms with Crippen molar-refractivity contribution in [3.05, 3.63) is 33.3 Å². The summed E-state index contributed by atoms with van der Waals surface area (Å²) in [6, 6.07) is 3.00. The largest absolute Gasteiger partial charge is 0.480 e. The van der Waals surface area contributed by atoms with Crippen molar-refractivity contribution in [1.82, 2.24) is 4.90 Å². The van der Waals surface area contributed by atoms with Gasteiger partial charge in [-0.2, -0.15) is 0 Å². The third-order valence-electron chi connectivity index (χ3n) is 2.84. The molecule has 1 rings (SSSR count). The molecule has 0 saturated carbocycles. The van der Waals surface area contributed by atoms with E-state index in [2.05, 4.69) is 5.32 Å². The first kappa shape index (κ1) is 20.1. The van der Waals surface area contributed by atoms with Gasteiger partial charge in [-0.3, -0.25) is 24.6 Å². The highest BCUT2D eigenvalue weighted by Crippen LogP contribution is 2.27. The van der Waals surface area contributed by atoms with Gasteiger partial charge in [0, 0.05) is 11.1 Å². The zero-order valence-corrected chi connectivity index (χ0v) is 13.3. The smallest absolute Gasteiger partial charge is 0.320 e. The number of hydrogen-bond acceptors (Lipinski definition) is 5. The number of nitrogens with zero attached hydrogens (tertiary/aromatic N) is 2. The molecule has 2 N–H and O–H groups in total. The van der Waals surface area contributed by atoms with Crippen molar-refractivity contribution in [2.24, 2.45) is 0 Å². The third kappa shape index (κ3) is 5.47. The molecule has 0 heterocycles. The van der Waals surface area contributed by atoms with Crippen LogP contribution in [0.5, 0.6) is 0 Å². The van der Waals surface area contributed by atoms with Gasteiger partial charge in [-0.05, 0) is 26.1 Å². The summed E-state index contributed by atoms with van der Waals surface area (Å²) in [5.41, 5.74) is -0.324. The van der Waals surface area contributed by atoms with Gasteiger partial charge in [0.2, 0.25) is 5.91 Å². The molecule has 8 nitrogen and oxygen atoms in total. The Hall–Kier alpha value is -1.90. The SMILES string of the molecule is CC(C(=O)O)N(C)CC(=O)Nc1ccc(Cl)cc1[N+](=O)[O-].Cl. The van der Waals surface area contributed by atoms with Crippen LogP contribution in [-0.2, 0) is 9.59 Å². The van der Waals surface area contributed by atoms with Gasteiger partial charge in [-0.25, -0.2) is 0 Å². The van der Waals surface area contributed by atoms with Crippen molar-refractivity contribution < 1.29 is 19.6 Å². The molecule has 0 saturated heterocycles. The van der Waals surface area contributed by atoms with Crippen LogP contribution >= 0.6 is 24.0 Å². The highest BCUT2D eigenvalue weighted by molar-refractivity contribution is 6.31. The lowest BCUT2D eigenvalue weighted by atomic mass is 10.2. The second-order valence-electron chi connectivity index (χ2n) is 4.40. The molecule has 0 aliphatic rings. The van der Waals surface area contributed by atoms with Gasteiger partial charge in [0.05, 0.1) is 11.5 Å². The number of carboxylic acid groups (broad SMARTS) is 1. The lowest BCUT2D eigenvalue weighted by Gasteiger charge is -2.20. The number of halogens is 2. The van der Waals surface area contributed by atoms with E-state index in [1.54, 1.807) is 0 Å². The Morgan fingerprint density at radius 2 is 2.09 bits per heavy atom. The van der Waals surface area contributed by atoms with E-state index >= 15 is 0 Å². The van der Waals surface area contributed by atoms with Gasteiger partial charge >= 0.3 is 5.97 Å². The van der Waals surface area contributed by atoms with E-state index in [1.165, 1.54) is 31.0 Å². The minimum absolute atomic E-state index is 0. The highest BCUT2D eigenvalue weighted by Gasteiger charge is 2.21. The lowest BCUT2D eigenvalue weighted by Crippen LogP contribution is -2.40. The second kappa shape index (κ2) is 8.52. The minimum Gasteiger partial charge on any atom is -0.480 e. The Bertz CT molecular complexity index is 582. The quantitative estimate of drug-likeness (QED) is 0.598. The summed E-state index contributed by atoms with van der Waals surface area (Å²) in [7, 11) is 1.47. The fraction of sp³-hybridized carbons (Fsp3) is 0.333. The summed E-state index contributed by atoms with van der Waals surface area (Å²) in [4.78, 5) is 34.1. The molecule has 0 radical (unpaired) electrons. The Morgan fingerprint density at radius 3 is 2.59 bits per heavy atom. The van der Waals surface area contributed by atoms with Crippen LogP contribution in [-0.4, -0.2) is 46.4 Å². The van der Waals surface area contributed by atoms with Crippen LogP contribution in [0.25, 0.3) is 0 Å². The van der Waals surface area contributed by atoms with Crippen LogP contribution in [0.4, 0.5) is 11.4 Å². The maximum absolute atomic E-state index is 11.8. The van der Waals surface area contributed by atoms with E-state index in [9.17, 15) is 19.7 Å². The van der Waals surface area contributed by atoms with Gasteiger partial charge in [0.15, 0.2) is 0 Å². The predicted octanol–water partition coefficient (Wildman–Crippen LogP) is 2.01. The fourth-order valence-electron chi connectivity index (χ4n) is 1.50. The molecule has 0 bridgehead atoms. The summed E-state index contributed by atoms with van der Waals surface area (Å²) in [5.74, 6) is -1.63. The van der Waals surface area contributed by atoms with E-state index in [4.69, 9.17) is 16.7 Å². The number of nitro groups is 1. The van der Waals surface area contributed by atoms with Gasteiger partial charge < -0.3 is 10.4 Å². The van der Waals surface area contributed by atoms with Crippen LogP contribution in [0, 0.1) is 10.1 Å². The molecule has 22 heavy (non-hydrogen) atoms. The molecule has 0 fully saturated rings. The first-order valence-corrected chi connectivity index (χ1v) is 6.27. The maximum Gasteiger partial charge on any atom is 0.320 e. The summed E-state index contributed by atoms with van der Waals surface area (Å²) < 4.78 is 0. The Labute approximate surface area is 137 Å². The normalized spacial score (nSPS) is 11.5. The van der Waals surface area contributed by atoms with E-state index in [1.807, 2.05) is 0 Å². The van der Waals surface area contributed by atoms with Crippen molar-refractivity contribution in [1.29, 1.82) is 0 Å². The molecule has 1 aromatic carbocycles. The molecular formula is C12H15Cl2N3O5. The average Bonchev–Trinajstić information content (AvgIpc) is 2.39. The number of carbonyl (C=O) groups excluding carboxylic acids is 1. The number of likely N-dealkylation sites (N-methyl/N-ethyl adjacent to an activating group) is 1. The van der Waals surface area contributed by atoms with Gasteiger partial charge in [0.25, 0.3) is 5.69 Å². The standard InChI is InChI=1S/C12H14ClN3O5.ClH/c1-7(12(18)19)15(2)6-11(17)14-9-4-3-8(13)5-10(9)16(20)21;/h3-5,7H,6H2,1-2H3,(H,14,17)(H,18,19);1H. The van der Waals surface area contributed by atoms with E-state index in [-0.39, 0.29) is 35.3 Å². The molecule has 1 amide bonds. The number of anilines is 1. The Morgan fingerprint density at radius 1 is 1.50 bits per heavy atom. The third-order valence-corrected chi connectivity index (χ3v) is 3.08. The van der Waals surface area contributed by atoms with E-state index in [0.717, 1.165) is 6.07 Å². The first-order chi connectivity index (χ1) is 9.72. The second-order valence-corrected chi connectivity index (χ2v) is 4.83. The molecule has 122 valence electrons. The summed E-state index contributed by atoms with van der Waals surface area (Å²) in [5, 5.41) is 22.3. The minimum atomic E-state index is -1.07.